The molecule has 2 aliphatic rings. The Morgan fingerprint density at radius 1 is 0.745 bits per heavy atom. The van der Waals surface area contributed by atoms with E-state index in [1.54, 1.807) is 55.1 Å². The first-order valence-electron chi connectivity index (χ1n) is 19.0. The average Bonchev–Trinajstić information content (AvgIpc) is 3.20. The van der Waals surface area contributed by atoms with E-state index in [9.17, 15) is 19.2 Å². The first kappa shape index (κ1) is 38.0. The molecule has 0 atom stereocenters. The van der Waals surface area contributed by atoms with Gasteiger partial charge in [0.15, 0.2) is 0 Å². The van der Waals surface area contributed by atoms with E-state index in [2.05, 4.69) is 25.8 Å². The number of hydrogen-bond donors (Lipinski definition) is 1. The molecular weight excluding hydrogens is 702 g/mol. The van der Waals surface area contributed by atoms with Gasteiger partial charge in [-0.25, -0.2) is 4.79 Å². The number of H-pyrrole nitrogens is 1. The van der Waals surface area contributed by atoms with E-state index in [-0.39, 0.29) is 29.9 Å². The molecule has 290 valence electrons. The number of aromatic nitrogens is 5. The number of aryl methyl sites for hydroxylation is 1. The summed E-state index contributed by atoms with van der Waals surface area (Å²) in [6, 6.07) is 10.8. The Morgan fingerprint density at radius 2 is 1.45 bits per heavy atom. The van der Waals surface area contributed by atoms with Gasteiger partial charge < -0.3 is 33.1 Å². The number of hydrogen-bond acceptors (Lipinski definition) is 10. The molecule has 14 heteroatoms. The van der Waals surface area contributed by atoms with Crippen LogP contribution in [0, 0.1) is 0 Å². The van der Waals surface area contributed by atoms with Gasteiger partial charge in [0.25, 0.3) is 16.7 Å². The van der Waals surface area contributed by atoms with Crippen molar-refractivity contribution in [1.29, 1.82) is 0 Å². The van der Waals surface area contributed by atoms with Gasteiger partial charge in [0.05, 0.1) is 38.4 Å². The van der Waals surface area contributed by atoms with Crippen molar-refractivity contribution in [1.82, 2.24) is 33.5 Å². The van der Waals surface area contributed by atoms with E-state index in [4.69, 9.17) is 14.2 Å². The number of rotatable bonds is 13. The minimum Gasteiger partial charge on any atom is -0.496 e. The molecule has 0 aliphatic carbocycles. The Labute approximate surface area is 318 Å². The zero-order valence-electron chi connectivity index (χ0n) is 31.7. The summed E-state index contributed by atoms with van der Waals surface area (Å²) in [6.07, 6.45) is 13.6. The summed E-state index contributed by atoms with van der Waals surface area (Å²) < 4.78 is 23.0. The third-order valence-corrected chi connectivity index (χ3v) is 11.0. The van der Waals surface area contributed by atoms with Crippen LogP contribution in [0.15, 0.2) is 86.6 Å². The van der Waals surface area contributed by atoms with Gasteiger partial charge in [-0.15, -0.1) is 0 Å². The van der Waals surface area contributed by atoms with E-state index < -0.39 is 11.2 Å². The molecule has 14 nitrogen and oxygen atoms in total. The first-order chi connectivity index (χ1) is 26.7. The molecule has 2 saturated heterocycles. The first-order valence-corrected chi connectivity index (χ1v) is 19.0. The summed E-state index contributed by atoms with van der Waals surface area (Å²) in [5.41, 5.74) is 2.09. The average molecular weight is 752 g/mol. The third kappa shape index (κ3) is 8.66. The Kier molecular flexibility index (Phi) is 11.7. The van der Waals surface area contributed by atoms with Gasteiger partial charge in [0.2, 0.25) is 0 Å². The summed E-state index contributed by atoms with van der Waals surface area (Å²) in [7, 11) is 5.11. The third-order valence-electron chi connectivity index (χ3n) is 11.0. The van der Waals surface area contributed by atoms with Crippen LogP contribution in [0.3, 0.4) is 0 Å². The molecule has 6 heterocycles. The summed E-state index contributed by atoms with van der Waals surface area (Å²) in [6.45, 7) is 6.11. The number of ether oxygens (including phenoxy) is 3. The molecule has 1 aromatic carbocycles. The number of nitrogens with one attached hydrogen (secondary N) is 1. The number of pyridine rings is 3. The Hall–Kier alpha value is -5.31. The van der Waals surface area contributed by atoms with Gasteiger partial charge in [-0.2, -0.15) is 0 Å². The highest BCUT2D eigenvalue weighted by Crippen LogP contribution is 2.39. The number of methoxy groups -OCH3 is 2. The lowest BCUT2D eigenvalue weighted by atomic mass is 9.97. The lowest BCUT2D eigenvalue weighted by Gasteiger charge is -2.37. The zero-order valence-corrected chi connectivity index (χ0v) is 31.7. The van der Waals surface area contributed by atoms with Crippen molar-refractivity contribution in [2.45, 2.75) is 57.4 Å². The predicted molar refractivity (Wildman–Crippen MR) is 210 cm³/mol. The maximum atomic E-state index is 13.1. The number of piperidine rings is 2. The Bertz CT molecular complexity index is 2370. The minimum atomic E-state index is -0.535. The van der Waals surface area contributed by atoms with Crippen LogP contribution in [0.25, 0.3) is 21.9 Å². The predicted octanol–water partition coefficient (Wildman–Crippen LogP) is 2.87. The standard InChI is InChI=1S/C41H49N7O7/c1-44-27-35(32-6-13-42-25-34(32)40(44)51)33-24-36(53-2)28(23-37(33)54-3)7-15-45-16-8-30(9-17-45)55-31-10-18-46(19-11-31)21-22-47-14-4-5-29(39(47)50)26-48-20-12-38(49)43-41(48)52/h4-6,12-14,20,23-25,27,30-31H,7-11,15-19,21-22,26H2,1-3H3,(H,43,49,52). The molecule has 1 N–H and O–H groups in total. The molecule has 7 rings (SSSR count). The molecule has 2 aliphatic heterocycles. The van der Waals surface area contributed by atoms with E-state index in [1.807, 2.05) is 24.4 Å². The summed E-state index contributed by atoms with van der Waals surface area (Å²) in [4.78, 5) is 60.7. The second kappa shape index (κ2) is 17.0. The summed E-state index contributed by atoms with van der Waals surface area (Å²) >= 11 is 0. The fourth-order valence-electron chi connectivity index (χ4n) is 7.87. The summed E-state index contributed by atoms with van der Waals surface area (Å²) in [5.74, 6) is 1.52. The van der Waals surface area contributed by atoms with Gasteiger partial charge in [0.1, 0.15) is 11.5 Å². The topological polar surface area (TPSA) is 146 Å². The van der Waals surface area contributed by atoms with Crippen molar-refractivity contribution in [3.05, 3.63) is 120 Å². The highest BCUT2D eigenvalue weighted by Gasteiger charge is 2.26. The monoisotopic (exact) mass is 751 g/mol. The van der Waals surface area contributed by atoms with Gasteiger partial charge >= 0.3 is 5.69 Å². The number of nitrogens with zero attached hydrogens (tertiary/aromatic N) is 6. The van der Waals surface area contributed by atoms with E-state index in [1.165, 1.54) is 16.8 Å². The van der Waals surface area contributed by atoms with Crippen molar-refractivity contribution in [3.8, 4) is 22.6 Å². The van der Waals surface area contributed by atoms with Gasteiger partial charge in [-0.3, -0.25) is 28.9 Å². The lowest BCUT2D eigenvalue weighted by molar-refractivity contribution is -0.0649. The van der Waals surface area contributed by atoms with Gasteiger partial charge in [-0.1, -0.05) is 6.07 Å². The number of likely N-dealkylation sites (tertiary alicyclic amines) is 2. The molecular formula is C41H49N7O7. The smallest absolute Gasteiger partial charge is 0.328 e. The van der Waals surface area contributed by atoms with Crippen molar-refractivity contribution in [2.24, 2.45) is 7.05 Å². The fraction of sp³-hybridized carbons (Fsp3) is 0.439. The molecule has 4 aromatic heterocycles. The van der Waals surface area contributed by atoms with Crippen LogP contribution in [0.5, 0.6) is 11.5 Å². The lowest BCUT2D eigenvalue weighted by Crippen LogP contribution is -2.43. The summed E-state index contributed by atoms with van der Waals surface area (Å²) in [5, 5.41) is 1.38. The van der Waals surface area contributed by atoms with Crippen molar-refractivity contribution in [2.75, 3.05) is 53.5 Å². The normalized spacial score (nSPS) is 16.1. The quantitative estimate of drug-likeness (QED) is 0.191. The molecule has 55 heavy (non-hydrogen) atoms. The maximum absolute atomic E-state index is 13.1. The van der Waals surface area contributed by atoms with Gasteiger partial charge in [-0.05, 0) is 67.3 Å². The van der Waals surface area contributed by atoms with Crippen molar-refractivity contribution < 1.29 is 14.2 Å². The highest BCUT2D eigenvalue weighted by molar-refractivity contribution is 5.97. The SMILES string of the molecule is COc1cc(-c2cn(C)c(=O)c3cnccc23)c(OC)cc1CCN1CCC(OC2CCN(CCn3cccc(Cn4ccc(=O)[nH]c4=O)c3=O)CC2)CC1. The minimum absolute atomic E-state index is 0.0945. The molecule has 2 fully saturated rings. The number of fused-ring (bicyclic) bond motifs is 1. The molecule has 0 amide bonds. The number of benzene rings is 1. The van der Waals surface area contributed by atoms with Crippen LogP contribution in [0.1, 0.15) is 36.8 Å². The van der Waals surface area contributed by atoms with Crippen LogP contribution in [0.4, 0.5) is 0 Å². The molecule has 0 radical (unpaired) electrons. The largest absolute Gasteiger partial charge is 0.496 e. The highest BCUT2D eigenvalue weighted by atomic mass is 16.5. The maximum Gasteiger partial charge on any atom is 0.328 e. The van der Waals surface area contributed by atoms with Crippen LogP contribution >= 0.6 is 0 Å². The number of aromatic amines is 1. The van der Waals surface area contributed by atoms with E-state index >= 15 is 0 Å². The van der Waals surface area contributed by atoms with E-state index in [0.29, 0.717) is 17.5 Å². The van der Waals surface area contributed by atoms with Crippen LogP contribution < -0.4 is 31.8 Å². The Balaban J connectivity index is 0.874. The van der Waals surface area contributed by atoms with Crippen molar-refractivity contribution >= 4 is 10.8 Å². The molecule has 0 unspecified atom stereocenters. The molecule has 0 bridgehead atoms. The Morgan fingerprint density at radius 3 is 2.15 bits per heavy atom. The van der Waals surface area contributed by atoms with Crippen LogP contribution in [0.2, 0.25) is 0 Å². The van der Waals surface area contributed by atoms with Crippen LogP contribution in [-0.4, -0.2) is 99.2 Å². The van der Waals surface area contributed by atoms with Crippen LogP contribution in [-0.2, 0) is 31.3 Å². The second-order valence-corrected chi connectivity index (χ2v) is 14.5. The second-order valence-electron chi connectivity index (χ2n) is 14.5. The molecule has 0 saturated carbocycles. The van der Waals surface area contributed by atoms with Gasteiger partial charge in [0, 0.05) is 107 Å². The molecule has 0 spiro atoms. The van der Waals surface area contributed by atoms with Crippen molar-refractivity contribution in [3.63, 3.8) is 0 Å². The van der Waals surface area contributed by atoms with E-state index in [0.717, 1.165) is 105 Å². The zero-order chi connectivity index (χ0) is 38.5. The fourth-order valence-corrected chi connectivity index (χ4v) is 7.87. The molecule has 5 aromatic rings.